The maximum atomic E-state index is 2.99. The number of hydrogen-bond acceptors (Lipinski definition) is 0. The van der Waals surface area contributed by atoms with Gasteiger partial charge in [-0.1, -0.05) is 0 Å². The first kappa shape index (κ1) is 6.19. The van der Waals surface area contributed by atoms with Gasteiger partial charge in [0.05, 0.1) is 0 Å². The summed E-state index contributed by atoms with van der Waals surface area (Å²) in [6.45, 7) is 0. The molecule has 0 amide bonds. The molecule has 1 heteroatoms. The molecule has 0 aromatic heterocycles. The van der Waals surface area contributed by atoms with Crippen molar-refractivity contribution in [2.24, 2.45) is 0 Å². The van der Waals surface area contributed by atoms with Crippen LogP contribution in [-0.2, 0) is 21.7 Å². The van der Waals surface area contributed by atoms with Crippen molar-refractivity contribution in [1.82, 2.24) is 0 Å². The molecule has 1 aliphatic rings. The van der Waals surface area contributed by atoms with E-state index in [0.29, 0.717) is 0 Å². The van der Waals surface area contributed by atoms with Gasteiger partial charge in [0.25, 0.3) is 0 Å². The van der Waals surface area contributed by atoms with E-state index in [1.807, 2.05) is 12.2 Å². The van der Waals surface area contributed by atoms with Crippen LogP contribution in [0.1, 0.15) is 6.42 Å². The zero-order valence-corrected chi connectivity index (χ0v) is 5.00. The minimum absolute atomic E-state index is 0. The summed E-state index contributed by atoms with van der Waals surface area (Å²) in [5.74, 6) is 0. The molecule has 0 nitrogen and oxygen atoms in total. The SMILES string of the molecule is [C-]1=CC=CC1.[Ti+2]. The summed E-state index contributed by atoms with van der Waals surface area (Å²) in [6, 6.07) is 0. The van der Waals surface area contributed by atoms with Gasteiger partial charge in [-0.05, 0) is 0 Å². The molecule has 0 heterocycles. The molecule has 28 valence electrons. The second-order valence-corrected chi connectivity index (χ2v) is 1.00. The third-order valence-corrected chi connectivity index (χ3v) is 0.586. The Kier molecular flexibility index (Phi) is 3.50. The van der Waals surface area contributed by atoms with Gasteiger partial charge >= 0.3 is 21.7 Å². The Morgan fingerprint density at radius 3 is 2.50 bits per heavy atom. The fourth-order valence-electron chi connectivity index (χ4n) is 0.340. The van der Waals surface area contributed by atoms with Gasteiger partial charge in [0.15, 0.2) is 0 Å². The standard InChI is InChI=1S/C5H5.Ti/c1-2-4-5-3-1;/h1-3H,4H2;/q-1;+2. The predicted molar refractivity (Wildman–Crippen MR) is 21.6 cm³/mol. The van der Waals surface area contributed by atoms with E-state index in [-0.39, 0.29) is 21.7 Å². The maximum Gasteiger partial charge on any atom is 2.00 e. The topological polar surface area (TPSA) is 0 Å². The molecule has 6 heavy (non-hydrogen) atoms. The minimum Gasteiger partial charge on any atom is -0.273 e. The third kappa shape index (κ3) is 1.59. The summed E-state index contributed by atoms with van der Waals surface area (Å²) < 4.78 is 0. The number of allylic oxidation sites excluding steroid dienone is 4. The Hall–Kier alpha value is 0.194. The first-order chi connectivity index (χ1) is 2.50. The van der Waals surface area contributed by atoms with Gasteiger partial charge in [0, 0.05) is 0 Å². The minimum atomic E-state index is 0. The second kappa shape index (κ2) is 3.39. The van der Waals surface area contributed by atoms with Crippen LogP contribution in [0.4, 0.5) is 0 Å². The molecule has 0 atom stereocenters. The first-order valence-electron chi connectivity index (χ1n) is 1.72. The Balaban J connectivity index is 0.000000250. The molecule has 0 aromatic carbocycles. The van der Waals surface area contributed by atoms with Gasteiger partial charge in [-0.2, -0.15) is 6.08 Å². The molecule has 0 fully saturated rings. The van der Waals surface area contributed by atoms with Crippen LogP contribution in [0.3, 0.4) is 0 Å². The van der Waals surface area contributed by atoms with E-state index in [1.54, 1.807) is 0 Å². The zero-order valence-electron chi connectivity index (χ0n) is 3.44. The zero-order chi connectivity index (χ0) is 3.54. The van der Waals surface area contributed by atoms with Crippen molar-refractivity contribution in [3.63, 3.8) is 0 Å². The molecular weight excluding hydrogens is 108 g/mol. The van der Waals surface area contributed by atoms with Gasteiger partial charge < -0.3 is 0 Å². The monoisotopic (exact) mass is 113 g/mol. The van der Waals surface area contributed by atoms with Gasteiger partial charge in [-0.15, -0.1) is 6.42 Å². The Morgan fingerprint density at radius 1 is 1.50 bits per heavy atom. The second-order valence-electron chi connectivity index (χ2n) is 1.00. The first-order valence-corrected chi connectivity index (χ1v) is 1.72. The van der Waals surface area contributed by atoms with Crippen molar-refractivity contribution in [2.45, 2.75) is 6.42 Å². The Labute approximate surface area is 52.8 Å². The van der Waals surface area contributed by atoms with Crippen LogP contribution in [0.2, 0.25) is 0 Å². The van der Waals surface area contributed by atoms with Gasteiger partial charge in [-0.3, -0.25) is 6.08 Å². The molecule has 0 N–H and O–H groups in total. The van der Waals surface area contributed by atoms with E-state index in [9.17, 15) is 0 Å². The summed E-state index contributed by atoms with van der Waals surface area (Å²) in [5.41, 5.74) is 0. The molecule has 0 unspecified atom stereocenters. The molecule has 0 aliphatic heterocycles. The third-order valence-electron chi connectivity index (χ3n) is 0.586. The fourth-order valence-corrected chi connectivity index (χ4v) is 0.340. The number of hydrogen-bond donors (Lipinski definition) is 0. The summed E-state index contributed by atoms with van der Waals surface area (Å²) in [5, 5.41) is 0. The Bertz CT molecular complexity index is 62.0. The van der Waals surface area contributed by atoms with Crippen LogP contribution in [0.5, 0.6) is 0 Å². The predicted octanol–water partition coefficient (Wildman–Crippen LogP) is 1.30. The molecule has 0 spiro atoms. The van der Waals surface area contributed by atoms with Crippen molar-refractivity contribution in [2.75, 3.05) is 0 Å². The van der Waals surface area contributed by atoms with E-state index in [2.05, 4.69) is 12.2 Å². The normalized spacial score (nSPS) is 14.7. The molecule has 0 saturated carbocycles. The van der Waals surface area contributed by atoms with Crippen LogP contribution < -0.4 is 0 Å². The van der Waals surface area contributed by atoms with E-state index in [1.165, 1.54) is 0 Å². The van der Waals surface area contributed by atoms with Gasteiger partial charge in [-0.25, -0.2) is 12.2 Å². The van der Waals surface area contributed by atoms with Crippen molar-refractivity contribution in [3.05, 3.63) is 24.3 Å². The van der Waals surface area contributed by atoms with Crippen LogP contribution in [-0.4, -0.2) is 0 Å². The largest absolute Gasteiger partial charge is 2.00 e. The van der Waals surface area contributed by atoms with E-state index in [0.717, 1.165) is 6.42 Å². The van der Waals surface area contributed by atoms with Crippen molar-refractivity contribution < 1.29 is 21.7 Å². The maximum absolute atomic E-state index is 2.99. The van der Waals surface area contributed by atoms with Crippen molar-refractivity contribution in [3.8, 4) is 0 Å². The summed E-state index contributed by atoms with van der Waals surface area (Å²) >= 11 is 0. The molecule has 1 rings (SSSR count). The molecule has 0 aromatic rings. The van der Waals surface area contributed by atoms with Crippen LogP contribution >= 0.6 is 0 Å². The van der Waals surface area contributed by atoms with Crippen molar-refractivity contribution >= 4 is 0 Å². The number of rotatable bonds is 0. The molecule has 0 radical (unpaired) electrons. The molecule has 0 saturated heterocycles. The summed E-state index contributed by atoms with van der Waals surface area (Å²) in [7, 11) is 0. The average Bonchev–Trinajstić information content (AvgIpc) is 1.76. The van der Waals surface area contributed by atoms with Gasteiger partial charge in [0.1, 0.15) is 0 Å². The summed E-state index contributed by atoms with van der Waals surface area (Å²) in [6.07, 6.45) is 10.0. The van der Waals surface area contributed by atoms with Crippen LogP contribution in [0, 0.1) is 6.08 Å². The molecular formula is C5H5Ti+. The smallest absolute Gasteiger partial charge is 0.273 e. The van der Waals surface area contributed by atoms with E-state index >= 15 is 0 Å². The van der Waals surface area contributed by atoms with Crippen LogP contribution in [0.15, 0.2) is 18.2 Å². The fraction of sp³-hybridized carbons (Fsp3) is 0.200. The average molecular weight is 113 g/mol. The van der Waals surface area contributed by atoms with E-state index in [4.69, 9.17) is 0 Å². The van der Waals surface area contributed by atoms with Crippen LogP contribution in [0.25, 0.3) is 0 Å². The van der Waals surface area contributed by atoms with E-state index < -0.39 is 0 Å². The van der Waals surface area contributed by atoms with Gasteiger partial charge in [0.2, 0.25) is 0 Å². The Morgan fingerprint density at radius 2 is 2.33 bits per heavy atom. The van der Waals surface area contributed by atoms with Crippen molar-refractivity contribution in [1.29, 1.82) is 0 Å². The molecule has 0 bridgehead atoms. The summed E-state index contributed by atoms with van der Waals surface area (Å²) in [4.78, 5) is 0. The molecule has 1 aliphatic carbocycles. The quantitative estimate of drug-likeness (QED) is 0.328.